The van der Waals surface area contributed by atoms with E-state index < -0.39 is 0 Å². The largest absolute Gasteiger partial charge is 0.381 e. The zero-order valence-corrected chi connectivity index (χ0v) is 6.55. The Balaban J connectivity index is 2.92. The fraction of sp³-hybridized carbons (Fsp3) is 0.286. The number of rotatable bonds is 0. The number of nitrogen functional groups attached to an aromatic ring is 1. The molecule has 2 aromatic rings. The predicted octanol–water partition coefficient (Wildman–Crippen LogP) is 0.861. The van der Waals surface area contributed by atoms with Crippen LogP contribution in [-0.4, -0.2) is 14.4 Å². The minimum absolute atomic E-state index is 0.565. The second-order valence-corrected chi connectivity index (χ2v) is 2.70. The normalized spacial score (nSPS) is 11.1. The predicted molar refractivity (Wildman–Crippen MR) is 43.4 cm³/mol. The van der Waals surface area contributed by atoms with Gasteiger partial charge in [0.05, 0.1) is 0 Å². The van der Waals surface area contributed by atoms with Crippen LogP contribution < -0.4 is 5.73 Å². The van der Waals surface area contributed by atoms with Crippen LogP contribution in [0.25, 0.3) is 5.65 Å². The van der Waals surface area contributed by atoms with Gasteiger partial charge in [0.15, 0.2) is 11.5 Å². The van der Waals surface area contributed by atoms with Gasteiger partial charge in [0.2, 0.25) is 0 Å². The number of nitrogens with two attached hydrogens (primary N) is 1. The highest BCUT2D eigenvalue weighted by Crippen LogP contribution is 2.13. The Bertz CT molecular complexity index is 361. The molecule has 0 aliphatic carbocycles. The van der Waals surface area contributed by atoms with Crippen LogP contribution in [0.1, 0.15) is 11.5 Å². The van der Waals surface area contributed by atoms with Crippen molar-refractivity contribution in [3.05, 3.63) is 17.7 Å². The first kappa shape index (κ1) is 6.27. The highest BCUT2D eigenvalue weighted by molar-refractivity contribution is 5.61. The van der Waals surface area contributed by atoms with Crippen LogP contribution in [0.4, 0.5) is 5.82 Å². The molecule has 0 aliphatic heterocycles. The van der Waals surface area contributed by atoms with Gasteiger partial charge >= 0.3 is 0 Å². The third-order valence-electron chi connectivity index (χ3n) is 1.75. The quantitative estimate of drug-likeness (QED) is 0.585. The van der Waals surface area contributed by atoms with Gasteiger partial charge in [-0.05, 0) is 13.8 Å². The Morgan fingerprint density at radius 2 is 2.27 bits per heavy atom. The van der Waals surface area contributed by atoms with E-state index in [1.54, 1.807) is 0 Å². The molecule has 0 saturated carbocycles. The summed E-state index contributed by atoms with van der Waals surface area (Å²) in [6.45, 7) is 3.92. The SMILES string of the molecule is Cc1cn2c(C)nc(N)c2[nH]1. The molecule has 0 fully saturated rings. The van der Waals surface area contributed by atoms with Gasteiger partial charge in [0.25, 0.3) is 0 Å². The van der Waals surface area contributed by atoms with Crippen molar-refractivity contribution >= 4 is 11.5 Å². The van der Waals surface area contributed by atoms with Crippen molar-refractivity contribution in [2.45, 2.75) is 13.8 Å². The van der Waals surface area contributed by atoms with Gasteiger partial charge in [0, 0.05) is 11.9 Å². The summed E-state index contributed by atoms with van der Waals surface area (Å²) in [5, 5.41) is 0. The number of nitrogens with one attached hydrogen (secondary N) is 1. The van der Waals surface area contributed by atoms with Gasteiger partial charge in [-0.15, -0.1) is 0 Å². The van der Waals surface area contributed by atoms with Crippen LogP contribution in [0.5, 0.6) is 0 Å². The molecule has 0 atom stereocenters. The minimum Gasteiger partial charge on any atom is -0.381 e. The van der Waals surface area contributed by atoms with E-state index in [1.807, 2.05) is 24.4 Å². The number of aryl methyl sites for hydroxylation is 2. The Morgan fingerprint density at radius 3 is 2.91 bits per heavy atom. The maximum atomic E-state index is 5.63. The summed E-state index contributed by atoms with van der Waals surface area (Å²) in [5.74, 6) is 1.48. The molecular formula is C7H10N4. The molecule has 0 spiro atoms. The highest BCUT2D eigenvalue weighted by atomic mass is 15.1. The van der Waals surface area contributed by atoms with Crippen LogP contribution >= 0.6 is 0 Å². The Kier molecular flexibility index (Phi) is 1.01. The van der Waals surface area contributed by atoms with E-state index in [-0.39, 0.29) is 0 Å². The van der Waals surface area contributed by atoms with Crippen molar-refractivity contribution in [3.63, 3.8) is 0 Å². The van der Waals surface area contributed by atoms with Crippen LogP contribution in [0, 0.1) is 13.8 Å². The molecule has 4 nitrogen and oxygen atoms in total. The maximum absolute atomic E-state index is 5.63. The lowest BCUT2D eigenvalue weighted by atomic mass is 10.6. The number of hydrogen-bond donors (Lipinski definition) is 2. The Morgan fingerprint density at radius 1 is 1.55 bits per heavy atom. The summed E-state index contributed by atoms with van der Waals surface area (Å²) in [6, 6.07) is 0. The van der Waals surface area contributed by atoms with Gasteiger partial charge in [-0.3, -0.25) is 4.40 Å². The van der Waals surface area contributed by atoms with E-state index >= 15 is 0 Å². The van der Waals surface area contributed by atoms with Crippen molar-refractivity contribution in [1.29, 1.82) is 0 Å². The molecule has 2 heterocycles. The van der Waals surface area contributed by atoms with E-state index in [0.29, 0.717) is 5.82 Å². The van der Waals surface area contributed by atoms with E-state index in [0.717, 1.165) is 17.2 Å². The molecule has 11 heavy (non-hydrogen) atoms. The molecule has 0 unspecified atom stereocenters. The van der Waals surface area contributed by atoms with Crippen molar-refractivity contribution in [1.82, 2.24) is 14.4 Å². The van der Waals surface area contributed by atoms with Gasteiger partial charge in [-0.1, -0.05) is 0 Å². The van der Waals surface area contributed by atoms with Crippen molar-refractivity contribution < 1.29 is 0 Å². The Hall–Kier alpha value is -1.45. The molecule has 0 aromatic carbocycles. The topological polar surface area (TPSA) is 59.1 Å². The van der Waals surface area contributed by atoms with E-state index in [2.05, 4.69) is 9.97 Å². The van der Waals surface area contributed by atoms with Crippen LogP contribution in [0.3, 0.4) is 0 Å². The monoisotopic (exact) mass is 150 g/mol. The van der Waals surface area contributed by atoms with Crippen molar-refractivity contribution in [2.24, 2.45) is 0 Å². The molecule has 2 rings (SSSR count). The van der Waals surface area contributed by atoms with Crippen molar-refractivity contribution in [3.8, 4) is 0 Å². The van der Waals surface area contributed by atoms with Gasteiger partial charge in [-0.25, -0.2) is 4.98 Å². The second-order valence-electron chi connectivity index (χ2n) is 2.70. The first-order valence-corrected chi connectivity index (χ1v) is 3.48. The Labute approximate surface area is 64.0 Å². The fourth-order valence-electron chi connectivity index (χ4n) is 1.26. The molecule has 0 aliphatic rings. The first-order valence-electron chi connectivity index (χ1n) is 3.48. The molecule has 2 aromatic heterocycles. The summed E-state index contributed by atoms with van der Waals surface area (Å²) in [4.78, 5) is 7.22. The van der Waals surface area contributed by atoms with Gasteiger partial charge < -0.3 is 10.7 Å². The second kappa shape index (κ2) is 1.78. The zero-order chi connectivity index (χ0) is 8.01. The van der Waals surface area contributed by atoms with E-state index in [4.69, 9.17) is 5.73 Å². The summed E-state index contributed by atoms with van der Waals surface area (Å²) in [6.07, 6.45) is 1.98. The van der Waals surface area contributed by atoms with Crippen LogP contribution in [0.15, 0.2) is 6.20 Å². The van der Waals surface area contributed by atoms with Crippen molar-refractivity contribution in [2.75, 3.05) is 5.73 Å². The lowest BCUT2D eigenvalue weighted by Crippen LogP contribution is -1.85. The summed E-state index contributed by atoms with van der Waals surface area (Å²) in [5.41, 5.74) is 7.61. The first-order chi connectivity index (χ1) is 5.18. The fourth-order valence-corrected chi connectivity index (χ4v) is 1.26. The zero-order valence-electron chi connectivity index (χ0n) is 6.55. The molecule has 0 saturated heterocycles. The van der Waals surface area contributed by atoms with Crippen LogP contribution in [0.2, 0.25) is 0 Å². The molecule has 4 heteroatoms. The third-order valence-corrected chi connectivity index (χ3v) is 1.75. The van der Waals surface area contributed by atoms with Crippen LogP contribution in [-0.2, 0) is 0 Å². The molecular weight excluding hydrogens is 140 g/mol. The molecule has 58 valence electrons. The standard InChI is InChI=1S/C7H10N4/c1-4-3-11-5(2)10-6(8)7(11)9-4/h3,9H,8H2,1-2H3. The number of fused-ring (bicyclic) bond motifs is 1. The summed E-state index contributed by atoms with van der Waals surface area (Å²) in [7, 11) is 0. The van der Waals surface area contributed by atoms with Gasteiger partial charge in [0.1, 0.15) is 5.82 Å². The molecule has 0 amide bonds. The number of aromatic nitrogens is 3. The summed E-state index contributed by atoms with van der Waals surface area (Å²) < 4.78 is 1.95. The van der Waals surface area contributed by atoms with E-state index in [9.17, 15) is 0 Å². The average Bonchev–Trinajstić information content (AvgIpc) is 2.38. The lowest BCUT2D eigenvalue weighted by Gasteiger charge is -1.82. The number of aromatic amines is 1. The highest BCUT2D eigenvalue weighted by Gasteiger charge is 2.05. The minimum atomic E-state index is 0.565. The maximum Gasteiger partial charge on any atom is 0.167 e. The smallest absolute Gasteiger partial charge is 0.167 e. The van der Waals surface area contributed by atoms with Gasteiger partial charge in [-0.2, -0.15) is 0 Å². The average molecular weight is 150 g/mol. The number of nitrogens with zero attached hydrogens (tertiary/aromatic N) is 2. The van der Waals surface area contributed by atoms with E-state index in [1.165, 1.54) is 0 Å². The summed E-state index contributed by atoms with van der Waals surface area (Å²) >= 11 is 0. The lowest BCUT2D eigenvalue weighted by molar-refractivity contribution is 1.05. The number of anilines is 1. The number of hydrogen-bond acceptors (Lipinski definition) is 2. The number of H-pyrrole nitrogens is 1. The molecule has 0 radical (unpaired) electrons. The number of imidazole rings is 2. The molecule has 3 N–H and O–H groups in total. The third kappa shape index (κ3) is 0.721. The molecule has 0 bridgehead atoms.